The third kappa shape index (κ3) is 4.73. The molecule has 5 aromatic rings. The Balaban J connectivity index is 1.84. The van der Waals surface area contributed by atoms with Crippen molar-refractivity contribution in [2.24, 2.45) is 0 Å². The van der Waals surface area contributed by atoms with Crippen LogP contribution < -0.4 is 10.2 Å². The second-order valence-corrected chi connectivity index (χ2v) is 12.2. The summed E-state index contributed by atoms with van der Waals surface area (Å²) in [7, 11) is 2.68. The van der Waals surface area contributed by atoms with Crippen LogP contribution in [0, 0.1) is 19.7 Å². The summed E-state index contributed by atoms with van der Waals surface area (Å²) >= 11 is 0. The molecule has 1 aliphatic rings. The molecule has 0 bridgehead atoms. The van der Waals surface area contributed by atoms with Gasteiger partial charge < -0.3 is 4.90 Å². The highest BCUT2D eigenvalue weighted by Crippen LogP contribution is 2.59. The number of fused-ring (bicyclic) bond motifs is 3. The normalized spacial score (nSPS) is 13.0. The van der Waals surface area contributed by atoms with Gasteiger partial charge in [0, 0.05) is 16.9 Å². The lowest BCUT2D eigenvalue weighted by atomic mass is 9.67. The Bertz CT molecular complexity index is 1990. The summed E-state index contributed by atoms with van der Waals surface area (Å²) in [5, 5.41) is 0.776. The fourth-order valence-corrected chi connectivity index (χ4v) is 7.30. The first-order valence-electron chi connectivity index (χ1n) is 15.3. The molecule has 0 radical (unpaired) electrons. The largest absolute Gasteiger partial charge is 0.310 e. The Morgan fingerprint density at radius 3 is 1.93 bits per heavy atom. The molecular weight excluding hydrogens is 580 g/mol. The van der Waals surface area contributed by atoms with Gasteiger partial charge in [-0.2, -0.15) is 0 Å². The number of aryl methyl sites for hydroxylation is 1. The van der Waals surface area contributed by atoms with Gasteiger partial charge in [0.1, 0.15) is 5.82 Å². The van der Waals surface area contributed by atoms with E-state index in [9.17, 15) is 0 Å². The van der Waals surface area contributed by atoms with Gasteiger partial charge in [0.25, 0.3) is 0 Å². The first kappa shape index (κ1) is 31.0. The predicted molar refractivity (Wildman–Crippen MR) is 200 cm³/mol. The van der Waals surface area contributed by atoms with Crippen LogP contribution in [-0.4, -0.2) is 0 Å². The lowest BCUT2D eigenvalue weighted by Gasteiger charge is -2.36. The van der Waals surface area contributed by atoms with Crippen LogP contribution in [0.4, 0.5) is 15.8 Å². The molecule has 0 N–H and O–H groups in total. The summed E-state index contributed by atoms with van der Waals surface area (Å²) in [6.45, 7) is 20.7. The molecule has 0 heterocycles. The van der Waals surface area contributed by atoms with Gasteiger partial charge in [-0.15, -0.1) is 9.24 Å². The quantitative estimate of drug-likeness (QED) is 0.115. The SMILES string of the molecule is C=C/C=C(\C=C)N(c1cc(F)c(C)c(P)c1)c1cc2c(c(C=C)c1C=C)-c1ccc(C)cc1C2(c1ccccc1)c1ccccc1. The highest BCUT2D eigenvalue weighted by molar-refractivity contribution is 7.27. The molecule has 0 amide bonds. The Morgan fingerprint density at radius 2 is 1.39 bits per heavy atom. The molecule has 6 rings (SSSR count). The minimum atomic E-state index is -0.641. The van der Waals surface area contributed by atoms with Gasteiger partial charge in [-0.05, 0) is 94.0 Å². The monoisotopic (exact) mass is 617 g/mol. The minimum absolute atomic E-state index is 0.287. The summed E-state index contributed by atoms with van der Waals surface area (Å²) in [6.07, 6.45) is 9.19. The van der Waals surface area contributed by atoms with E-state index in [2.05, 4.69) is 127 Å². The van der Waals surface area contributed by atoms with Crippen LogP contribution in [0.5, 0.6) is 0 Å². The molecule has 226 valence electrons. The van der Waals surface area contributed by atoms with E-state index < -0.39 is 5.41 Å². The van der Waals surface area contributed by atoms with Gasteiger partial charge in [0.2, 0.25) is 0 Å². The average molecular weight is 618 g/mol. The number of benzene rings is 5. The maximum absolute atomic E-state index is 15.5. The van der Waals surface area contributed by atoms with E-state index in [1.165, 1.54) is 11.1 Å². The molecule has 0 saturated heterocycles. The molecule has 46 heavy (non-hydrogen) atoms. The van der Waals surface area contributed by atoms with Crippen molar-refractivity contribution in [3.8, 4) is 11.1 Å². The average Bonchev–Trinajstić information content (AvgIpc) is 3.36. The molecule has 1 aliphatic carbocycles. The maximum Gasteiger partial charge on any atom is 0.128 e. The molecule has 0 spiro atoms. The van der Waals surface area contributed by atoms with Crippen LogP contribution in [0.15, 0.2) is 147 Å². The van der Waals surface area contributed by atoms with Gasteiger partial charge in [0.05, 0.1) is 11.1 Å². The van der Waals surface area contributed by atoms with Crippen molar-refractivity contribution in [2.75, 3.05) is 4.90 Å². The van der Waals surface area contributed by atoms with Gasteiger partial charge >= 0.3 is 0 Å². The zero-order valence-electron chi connectivity index (χ0n) is 26.4. The standard InChI is InChI=1S/C43H37FNP/c1-7-17-32(8-2)45(33-25-39(44)29(6)41(46)26-33)40-27-38-42(35(10-4)34(40)9-3)36-23-22-28(5)24-37(36)43(38,30-18-13-11-14-19-30)31-20-15-12-16-21-31/h7-27H,1-4,46H2,5-6H3/b32-17+. The van der Waals surface area contributed by atoms with Crippen LogP contribution >= 0.6 is 9.24 Å². The zero-order valence-corrected chi connectivity index (χ0v) is 27.5. The van der Waals surface area contributed by atoms with Crippen molar-refractivity contribution in [3.63, 3.8) is 0 Å². The molecule has 1 atom stereocenters. The minimum Gasteiger partial charge on any atom is -0.310 e. The molecule has 3 heteroatoms. The number of nitrogens with zero attached hydrogens (tertiary/aromatic N) is 1. The van der Waals surface area contributed by atoms with E-state index >= 15 is 4.39 Å². The van der Waals surface area contributed by atoms with Crippen LogP contribution in [0.25, 0.3) is 23.3 Å². The third-order valence-electron chi connectivity index (χ3n) is 9.08. The molecular formula is C43H37FNP. The van der Waals surface area contributed by atoms with E-state index in [-0.39, 0.29) is 5.82 Å². The highest BCUT2D eigenvalue weighted by Gasteiger charge is 2.47. The fraction of sp³-hybridized carbons (Fsp3) is 0.0698. The van der Waals surface area contributed by atoms with E-state index in [0.29, 0.717) is 11.3 Å². The third-order valence-corrected chi connectivity index (χ3v) is 9.68. The molecule has 0 saturated carbocycles. The summed E-state index contributed by atoms with van der Waals surface area (Å²) in [4.78, 5) is 2.05. The lowest BCUT2D eigenvalue weighted by molar-refractivity contribution is 0.620. The Hall–Kier alpha value is -5.04. The Morgan fingerprint density at radius 1 is 0.761 bits per heavy atom. The first-order valence-corrected chi connectivity index (χ1v) is 15.9. The second kappa shape index (κ2) is 12.4. The van der Waals surface area contributed by atoms with E-state index in [1.807, 2.05) is 29.2 Å². The molecule has 0 fully saturated rings. The molecule has 1 unspecified atom stereocenters. The van der Waals surface area contributed by atoms with Crippen LogP contribution in [0.2, 0.25) is 0 Å². The Kier molecular flexibility index (Phi) is 8.34. The van der Waals surface area contributed by atoms with Gasteiger partial charge in [0.15, 0.2) is 0 Å². The molecule has 1 nitrogen and oxygen atoms in total. The van der Waals surface area contributed by atoms with E-state index in [4.69, 9.17) is 0 Å². The Labute approximate surface area is 274 Å². The van der Waals surface area contributed by atoms with Gasteiger partial charge in [-0.1, -0.05) is 129 Å². The molecule has 5 aromatic carbocycles. The molecule has 0 aromatic heterocycles. The smallest absolute Gasteiger partial charge is 0.128 e. The van der Waals surface area contributed by atoms with Gasteiger partial charge in [-0.25, -0.2) is 4.39 Å². The van der Waals surface area contributed by atoms with Crippen molar-refractivity contribution >= 4 is 38.1 Å². The number of halogens is 1. The summed E-state index contributed by atoms with van der Waals surface area (Å²) < 4.78 is 15.5. The summed E-state index contributed by atoms with van der Waals surface area (Å²) in [5.41, 5.74) is 12.1. The van der Waals surface area contributed by atoms with Gasteiger partial charge in [-0.3, -0.25) is 0 Å². The van der Waals surface area contributed by atoms with E-state index in [1.54, 1.807) is 25.1 Å². The van der Waals surface area contributed by atoms with Crippen LogP contribution in [-0.2, 0) is 5.41 Å². The highest BCUT2D eigenvalue weighted by atomic mass is 31.0. The lowest BCUT2D eigenvalue weighted by Crippen LogP contribution is -2.29. The number of anilines is 2. The van der Waals surface area contributed by atoms with Crippen molar-refractivity contribution in [1.82, 2.24) is 0 Å². The maximum atomic E-state index is 15.5. The van der Waals surface area contributed by atoms with Crippen LogP contribution in [0.3, 0.4) is 0 Å². The number of hydrogen-bond acceptors (Lipinski definition) is 1. The van der Waals surface area contributed by atoms with Crippen LogP contribution in [0.1, 0.15) is 44.5 Å². The van der Waals surface area contributed by atoms with Crippen molar-refractivity contribution in [1.29, 1.82) is 0 Å². The van der Waals surface area contributed by atoms with E-state index in [0.717, 1.165) is 55.6 Å². The molecule has 0 aliphatic heterocycles. The summed E-state index contributed by atoms with van der Waals surface area (Å²) in [6, 6.07) is 33.9. The topological polar surface area (TPSA) is 3.24 Å². The zero-order chi connectivity index (χ0) is 32.6. The summed E-state index contributed by atoms with van der Waals surface area (Å²) in [5.74, 6) is -0.287. The second-order valence-electron chi connectivity index (χ2n) is 11.6. The number of rotatable bonds is 9. The van der Waals surface area contributed by atoms with Crippen molar-refractivity contribution < 1.29 is 4.39 Å². The number of hydrogen-bond donors (Lipinski definition) is 0. The predicted octanol–water partition coefficient (Wildman–Crippen LogP) is 11.0. The number of allylic oxidation sites excluding steroid dienone is 3. The fourth-order valence-electron chi connectivity index (χ4n) is 6.99. The van der Waals surface area contributed by atoms with Crippen molar-refractivity contribution in [3.05, 3.63) is 198 Å². The first-order chi connectivity index (χ1) is 22.3. The van der Waals surface area contributed by atoms with Crippen molar-refractivity contribution in [2.45, 2.75) is 19.3 Å².